The average molecular weight is 876 g/mol. The molecular formula is C53H101N3O6. The Bertz CT molecular complexity index is 1080. The first kappa shape index (κ1) is 57.9. The average Bonchev–Trinajstić information content (AvgIpc) is 3.27. The number of unbranched alkanes of at least 4 members (excludes halogenated alkanes) is 20. The normalized spacial score (nSPS) is 13.2. The minimum absolute atomic E-state index is 0.00148. The van der Waals surface area contributed by atoms with Crippen LogP contribution in [-0.4, -0.2) is 81.8 Å². The molecule has 0 fully saturated rings. The summed E-state index contributed by atoms with van der Waals surface area (Å²) in [5, 5.41) is 6.51. The summed E-state index contributed by atoms with van der Waals surface area (Å²) in [6.45, 7) is 14.2. The zero-order valence-electron chi connectivity index (χ0n) is 41.5. The molecule has 9 nitrogen and oxygen atoms in total. The highest BCUT2D eigenvalue weighted by atomic mass is 16.5. The van der Waals surface area contributed by atoms with Crippen LogP contribution in [0.3, 0.4) is 0 Å². The van der Waals surface area contributed by atoms with E-state index in [1.807, 2.05) is 0 Å². The summed E-state index contributed by atoms with van der Waals surface area (Å²) < 4.78 is 17.2. The minimum Gasteiger partial charge on any atom is -0.466 e. The maximum absolute atomic E-state index is 12.9. The molecule has 0 aliphatic carbocycles. The van der Waals surface area contributed by atoms with Crippen LogP contribution in [0.25, 0.3) is 0 Å². The highest BCUT2D eigenvalue weighted by Crippen LogP contribution is 2.21. The van der Waals surface area contributed by atoms with Crippen molar-refractivity contribution in [3.8, 4) is 0 Å². The van der Waals surface area contributed by atoms with Gasteiger partial charge in [0.2, 0.25) is 5.78 Å². The number of ketones is 1. The summed E-state index contributed by atoms with van der Waals surface area (Å²) in [6, 6.07) is 0. The molecule has 1 heterocycles. The molecule has 1 aliphatic heterocycles. The standard InChI is InChI=1S/C53H101N3O6/c1-6-10-14-16-20-26-35-48(36-27-21-17-15-11-7-2)62-52(59)38-29-23-19-25-31-42-56(43-32-40-55-49-45-60-46-50(57)53(49)54-5)41-30-24-18-22-28-37-51(58)61-44-39-47(33-12-8-3)34-13-9-4/h47-48,54-55H,6-46H2,1-5H3. The SMILES string of the molecule is CCCCCCCCC(CCCCCCCC)OC(=O)CCCCCCCN(CCCCCCCC(=O)OCCC(CCCC)CCCC)CCCNC1=C(NC)C(=O)COC1. The topological polar surface area (TPSA) is 106 Å². The first-order valence-electron chi connectivity index (χ1n) is 26.7. The molecule has 364 valence electrons. The molecule has 9 heteroatoms. The van der Waals surface area contributed by atoms with Gasteiger partial charge in [0.1, 0.15) is 18.4 Å². The van der Waals surface area contributed by atoms with Crippen LogP contribution < -0.4 is 10.6 Å². The van der Waals surface area contributed by atoms with Crippen LogP contribution in [0.2, 0.25) is 0 Å². The summed E-state index contributed by atoms with van der Waals surface area (Å²) in [4.78, 5) is 40.1. The monoisotopic (exact) mass is 876 g/mol. The van der Waals surface area contributed by atoms with E-state index in [2.05, 4.69) is 43.2 Å². The summed E-state index contributed by atoms with van der Waals surface area (Å²) in [5.41, 5.74) is 1.51. The molecule has 0 saturated carbocycles. The number of carbonyl (C=O) groups excluding carboxylic acids is 3. The van der Waals surface area contributed by atoms with Crippen molar-refractivity contribution in [1.29, 1.82) is 0 Å². The van der Waals surface area contributed by atoms with Gasteiger partial charge in [-0.1, -0.05) is 169 Å². The van der Waals surface area contributed by atoms with Crippen molar-refractivity contribution < 1.29 is 28.6 Å². The van der Waals surface area contributed by atoms with Crippen LogP contribution in [0.5, 0.6) is 0 Å². The van der Waals surface area contributed by atoms with E-state index in [-0.39, 0.29) is 30.4 Å². The third-order valence-corrected chi connectivity index (χ3v) is 12.8. The second-order valence-corrected chi connectivity index (χ2v) is 18.6. The zero-order valence-corrected chi connectivity index (χ0v) is 41.5. The van der Waals surface area contributed by atoms with E-state index in [0.717, 1.165) is 109 Å². The van der Waals surface area contributed by atoms with Gasteiger partial charge >= 0.3 is 11.9 Å². The number of carbonyl (C=O) groups is 3. The summed E-state index contributed by atoms with van der Waals surface area (Å²) >= 11 is 0. The highest BCUT2D eigenvalue weighted by molar-refractivity contribution is 5.97. The maximum atomic E-state index is 12.9. The van der Waals surface area contributed by atoms with Crippen molar-refractivity contribution >= 4 is 17.7 Å². The lowest BCUT2D eigenvalue weighted by molar-refractivity contribution is -0.150. The molecule has 2 N–H and O–H groups in total. The molecule has 1 rings (SSSR count). The van der Waals surface area contributed by atoms with Gasteiger partial charge in [-0.25, -0.2) is 0 Å². The van der Waals surface area contributed by atoms with Gasteiger partial charge in [-0.15, -0.1) is 0 Å². The molecule has 0 radical (unpaired) electrons. The third-order valence-electron chi connectivity index (χ3n) is 12.8. The van der Waals surface area contributed by atoms with Crippen LogP contribution in [-0.2, 0) is 28.6 Å². The summed E-state index contributed by atoms with van der Waals surface area (Å²) in [6.07, 6.45) is 39.0. The molecule has 0 aromatic heterocycles. The number of ether oxygens (including phenoxy) is 3. The molecule has 0 bridgehead atoms. The van der Waals surface area contributed by atoms with Crippen LogP contribution >= 0.6 is 0 Å². The van der Waals surface area contributed by atoms with Crippen LogP contribution in [0, 0.1) is 5.92 Å². The molecular weight excluding hydrogens is 775 g/mol. The van der Waals surface area contributed by atoms with Crippen LogP contribution in [0.1, 0.15) is 246 Å². The molecule has 1 aliphatic rings. The Kier molecular flexibility index (Phi) is 40.0. The van der Waals surface area contributed by atoms with E-state index >= 15 is 0 Å². The van der Waals surface area contributed by atoms with E-state index in [4.69, 9.17) is 14.2 Å². The van der Waals surface area contributed by atoms with E-state index in [0.29, 0.717) is 37.7 Å². The molecule has 0 amide bonds. The fourth-order valence-electron chi connectivity index (χ4n) is 8.78. The van der Waals surface area contributed by atoms with Crippen molar-refractivity contribution in [3.05, 3.63) is 11.4 Å². The first-order valence-corrected chi connectivity index (χ1v) is 26.7. The highest BCUT2D eigenvalue weighted by Gasteiger charge is 2.20. The van der Waals surface area contributed by atoms with Crippen molar-refractivity contribution in [3.63, 3.8) is 0 Å². The van der Waals surface area contributed by atoms with Gasteiger partial charge in [0.15, 0.2) is 0 Å². The predicted octanol–water partition coefficient (Wildman–Crippen LogP) is 13.3. The molecule has 0 spiro atoms. The summed E-state index contributed by atoms with van der Waals surface area (Å²) in [7, 11) is 1.80. The quantitative estimate of drug-likeness (QED) is 0.0457. The fraction of sp³-hybridized carbons (Fsp3) is 0.906. The van der Waals surface area contributed by atoms with Crippen molar-refractivity contribution in [1.82, 2.24) is 15.5 Å². The zero-order chi connectivity index (χ0) is 45.1. The van der Waals surface area contributed by atoms with E-state index in [9.17, 15) is 14.4 Å². The van der Waals surface area contributed by atoms with Gasteiger partial charge in [-0.3, -0.25) is 14.4 Å². The van der Waals surface area contributed by atoms with Crippen molar-refractivity contribution in [2.24, 2.45) is 5.92 Å². The molecule has 0 aromatic rings. The minimum atomic E-state index is -0.0255. The number of Topliss-reactive ketones (excluding diaryl/α,β-unsaturated/α-hetero) is 1. The Labute approximate surface area is 383 Å². The van der Waals surface area contributed by atoms with Gasteiger partial charge in [0.05, 0.1) is 18.9 Å². The number of rotatable bonds is 46. The Balaban J connectivity index is 2.43. The largest absolute Gasteiger partial charge is 0.466 e. The molecule has 62 heavy (non-hydrogen) atoms. The number of likely N-dealkylation sites (N-methyl/N-ethyl adjacent to an activating group) is 1. The van der Waals surface area contributed by atoms with Gasteiger partial charge in [-0.2, -0.15) is 0 Å². The van der Waals surface area contributed by atoms with Gasteiger partial charge in [0, 0.05) is 26.4 Å². The number of esters is 2. The second-order valence-electron chi connectivity index (χ2n) is 18.6. The lowest BCUT2D eigenvalue weighted by Gasteiger charge is -2.24. The molecule has 0 unspecified atom stereocenters. The first-order chi connectivity index (χ1) is 30.4. The Morgan fingerprint density at radius 3 is 1.60 bits per heavy atom. The van der Waals surface area contributed by atoms with Gasteiger partial charge in [0.25, 0.3) is 0 Å². The van der Waals surface area contributed by atoms with Crippen molar-refractivity contribution in [2.75, 3.05) is 53.0 Å². The number of nitrogens with zero attached hydrogens (tertiary/aromatic N) is 1. The lowest BCUT2D eigenvalue weighted by Crippen LogP contribution is -2.35. The Morgan fingerprint density at radius 1 is 0.565 bits per heavy atom. The fourth-order valence-corrected chi connectivity index (χ4v) is 8.78. The molecule has 0 aromatic carbocycles. The van der Waals surface area contributed by atoms with E-state index < -0.39 is 0 Å². The number of hydrogen-bond donors (Lipinski definition) is 2. The molecule has 0 atom stereocenters. The maximum Gasteiger partial charge on any atom is 0.306 e. The Hall–Kier alpha value is -2.13. The predicted molar refractivity (Wildman–Crippen MR) is 260 cm³/mol. The van der Waals surface area contributed by atoms with E-state index in [1.165, 1.54) is 128 Å². The number of hydrogen-bond acceptors (Lipinski definition) is 9. The molecule has 0 saturated heterocycles. The van der Waals surface area contributed by atoms with Crippen LogP contribution in [0.15, 0.2) is 11.4 Å². The summed E-state index contributed by atoms with van der Waals surface area (Å²) in [5.74, 6) is 0.681. The Morgan fingerprint density at radius 2 is 1.05 bits per heavy atom. The van der Waals surface area contributed by atoms with Gasteiger partial charge in [-0.05, 0) is 89.8 Å². The number of nitrogens with one attached hydrogen (secondary N) is 2. The van der Waals surface area contributed by atoms with Crippen LogP contribution in [0.4, 0.5) is 0 Å². The third kappa shape index (κ3) is 33.4. The smallest absolute Gasteiger partial charge is 0.306 e. The van der Waals surface area contributed by atoms with E-state index in [1.54, 1.807) is 7.05 Å². The van der Waals surface area contributed by atoms with Crippen molar-refractivity contribution in [2.45, 2.75) is 252 Å². The lowest BCUT2D eigenvalue weighted by atomic mass is 9.93. The van der Waals surface area contributed by atoms with Gasteiger partial charge < -0.3 is 29.7 Å². The second kappa shape index (κ2) is 42.8.